The largest absolute Gasteiger partial charge is 0.573 e. The first kappa shape index (κ1) is 23.0. The van der Waals surface area contributed by atoms with E-state index in [9.17, 15) is 22.8 Å². The van der Waals surface area contributed by atoms with Gasteiger partial charge in [0.25, 0.3) is 11.8 Å². The Hall–Kier alpha value is -2.33. The van der Waals surface area contributed by atoms with E-state index < -0.39 is 6.36 Å². The van der Waals surface area contributed by atoms with E-state index in [1.807, 2.05) is 18.7 Å². The van der Waals surface area contributed by atoms with Crippen molar-refractivity contribution < 1.29 is 37.3 Å². The van der Waals surface area contributed by atoms with Crippen LogP contribution >= 0.6 is 0 Å². The minimum absolute atomic E-state index is 0.157. The number of ether oxygens (including phenoxy) is 1. The molecule has 1 aliphatic heterocycles. The van der Waals surface area contributed by atoms with Crippen molar-refractivity contribution in [2.24, 2.45) is 0 Å². The van der Waals surface area contributed by atoms with Crippen LogP contribution in [0, 0.1) is 0 Å². The Kier molecular flexibility index (Phi) is 8.27. The maximum absolute atomic E-state index is 12.2. The molecule has 1 saturated heterocycles. The number of carbonyl (C=O) groups is 2. The second-order valence-electron chi connectivity index (χ2n) is 7.04. The molecule has 0 aliphatic carbocycles. The van der Waals surface area contributed by atoms with Crippen molar-refractivity contribution in [1.82, 2.24) is 4.90 Å². The molecule has 0 unspecified atom stereocenters. The molecule has 2 amide bonds. The molecule has 0 bridgehead atoms. The molecule has 1 aromatic rings. The zero-order chi connectivity index (χ0) is 21.4. The van der Waals surface area contributed by atoms with Gasteiger partial charge in [0.15, 0.2) is 13.1 Å². The highest BCUT2D eigenvalue weighted by Gasteiger charge is 2.31. The van der Waals surface area contributed by atoms with Crippen LogP contribution in [-0.4, -0.2) is 75.4 Å². The standard InChI is InChI=1S/C19H27F3N4O3/c1-3-26(4-2)18(28)14-25-11-9-24(10-12-25)13-17(27)23-15-5-7-16(8-6-15)29-19(20,21)22/h5-8H,3-4,9-14H2,1-2H3,(H,23,27)/p+2. The van der Waals surface area contributed by atoms with Crippen molar-refractivity contribution in [3.05, 3.63) is 24.3 Å². The zero-order valence-electron chi connectivity index (χ0n) is 16.8. The summed E-state index contributed by atoms with van der Waals surface area (Å²) in [7, 11) is 0. The summed E-state index contributed by atoms with van der Waals surface area (Å²) >= 11 is 0. The molecule has 0 radical (unpaired) electrons. The summed E-state index contributed by atoms with van der Waals surface area (Å²) in [6, 6.07) is 5.06. The smallest absolute Gasteiger partial charge is 0.406 e. The van der Waals surface area contributed by atoms with Crippen molar-refractivity contribution in [2.75, 3.05) is 57.7 Å². The lowest BCUT2D eigenvalue weighted by Crippen LogP contribution is -3.28. The van der Waals surface area contributed by atoms with Crippen LogP contribution in [0.5, 0.6) is 5.75 Å². The molecule has 3 N–H and O–H groups in total. The zero-order valence-corrected chi connectivity index (χ0v) is 16.8. The molecule has 1 aromatic carbocycles. The Morgan fingerprint density at radius 2 is 1.52 bits per heavy atom. The highest BCUT2D eigenvalue weighted by atomic mass is 19.4. The van der Waals surface area contributed by atoms with E-state index in [4.69, 9.17) is 0 Å². The summed E-state index contributed by atoms with van der Waals surface area (Å²) < 4.78 is 40.3. The van der Waals surface area contributed by atoms with E-state index >= 15 is 0 Å². The number of piperazine rings is 1. The molecule has 1 aliphatic rings. The molecule has 0 spiro atoms. The van der Waals surface area contributed by atoms with Gasteiger partial charge in [-0.05, 0) is 38.1 Å². The lowest BCUT2D eigenvalue weighted by molar-refractivity contribution is -1.00. The quantitative estimate of drug-likeness (QED) is 0.517. The Labute approximate surface area is 168 Å². The van der Waals surface area contributed by atoms with E-state index in [-0.39, 0.29) is 24.1 Å². The number of hydrogen-bond donors (Lipinski definition) is 3. The molecule has 0 atom stereocenters. The van der Waals surface area contributed by atoms with Crippen LogP contribution in [0.2, 0.25) is 0 Å². The van der Waals surface area contributed by atoms with Gasteiger partial charge in [0.1, 0.15) is 31.9 Å². The van der Waals surface area contributed by atoms with Gasteiger partial charge in [-0.2, -0.15) is 0 Å². The van der Waals surface area contributed by atoms with Gasteiger partial charge in [0.2, 0.25) is 0 Å². The Balaban J connectivity index is 1.73. The molecule has 1 heterocycles. The first-order valence-corrected chi connectivity index (χ1v) is 9.80. The average Bonchev–Trinajstić information content (AvgIpc) is 2.65. The summed E-state index contributed by atoms with van der Waals surface area (Å²) in [4.78, 5) is 28.6. The second-order valence-corrected chi connectivity index (χ2v) is 7.04. The normalized spacial score (nSPS) is 19.5. The summed E-state index contributed by atoms with van der Waals surface area (Å²) in [5.41, 5.74) is 0.415. The van der Waals surface area contributed by atoms with Crippen molar-refractivity contribution >= 4 is 17.5 Å². The van der Waals surface area contributed by atoms with Gasteiger partial charge < -0.3 is 24.8 Å². The van der Waals surface area contributed by atoms with Crippen LogP contribution in [0.1, 0.15) is 13.8 Å². The number of amides is 2. The molecule has 1 fully saturated rings. The fourth-order valence-corrected chi connectivity index (χ4v) is 3.38. The first-order valence-electron chi connectivity index (χ1n) is 9.80. The lowest BCUT2D eigenvalue weighted by atomic mass is 10.2. The van der Waals surface area contributed by atoms with Crippen molar-refractivity contribution in [2.45, 2.75) is 20.2 Å². The van der Waals surface area contributed by atoms with Crippen molar-refractivity contribution in [3.8, 4) is 5.75 Å². The third kappa shape index (κ3) is 7.90. The van der Waals surface area contributed by atoms with Gasteiger partial charge in [-0.25, -0.2) is 0 Å². The molecule has 29 heavy (non-hydrogen) atoms. The molecule has 0 aromatic heterocycles. The topological polar surface area (TPSA) is 67.5 Å². The Morgan fingerprint density at radius 1 is 1.00 bits per heavy atom. The number of carbonyl (C=O) groups excluding carboxylic acids is 2. The fourth-order valence-electron chi connectivity index (χ4n) is 3.38. The highest BCUT2D eigenvalue weighted by Crippen LogP contribution is 2.23. The van der Waals surface area contributed by atoms with E-state index in [2.05, 4.69) is 10.1 Å². The predicted octanol–water partition coefficient (Wildman–Crippen LogP) is -0.824. The minimum atomic E-state index is -4.74. The molecular weight excluding hydrogens is 389 g/mol. The maximum Gasteiger partial charge on any atom is 0.573 e. The Morgan fingerprint density at radius 3 is 2.00 bits per heavy atom. The lowest BCUT2D eigenvalue weighted by Gasteiger charge is -2.30. The number of hydrogen-bond acceptors (Lipinski definition) is 3. The van der Waals surface area contributed by atoms with E-state index in [0.29, 0.717) is 25.3 Å². The van der Waals surface area contributed by atoms with Gasteiger partial charge in [-0.3, -0.25) is 9.59 Å². The van der Waals surface area contributed by atoms with E-state index in [1.165, 1.54) is 17.0 Å². The maximum atomic E-state index is 12.2. The monoisotopic (exact) mass is 418 g/mol. The van der Waals surface area contributed by atoms with E-state index in [1.54, 1.807) is 0 Å². The number of benzene rings is 1. The third-order valence-electron chi connectivity index (χ3n) is 4.96. The van der Waals surface area contributed by atoms with Crippen LogP contribution in [0.25, 0.3) is 0 Å². The summed E-state index contributed by atoms with van der Waals surface area (Å²) in [5.74, 6) is -0.379. The van der Waals surface area contributed by atoms with Gasteiger partial charge >= 0.3 is 6.36 Å². The van der Waals surface area contributed by atoms with Gasteiger partial charge in [0, 0.05) is 18.8 Å². The number of anilines is 1. The Bertz CT molecular complexity index is 670. The van der Waals surface area contributed by atoms with E-state index in [0.717, 1.165) is 43.2 Å². The van der Waals surface area contributed by atoms with Crippen LogP contribution in [0.3, 0.4) is 0 Å². The second kappa shape index (κ2) is 10.4. The molecule has 0 saturated carbocycles. The molecule has 2 rings (SSSR count). The first-order chi connectivity index (χ1) is 13.7. The molecular formula is C19H29F3N4O3+2. The number of likely N-dealkylation sites (N-methyl/N-ethyl adjacent to an activating group) is 1. The number of nitrogens with zero attached hydrogens (tertiary/aromatic N) is 1. The minimum Gasteiger partial charge on any atom is -0.406 e. The SMILES string of the molecule is CCN(CC)C(=O)C[NH+]1CC[NH+](CC(=O)Nc2ccc(OC(F)(F)F)cc2)CC1. The van der Waals surface area contributed by atoms with Gasteiger partial charge in [-0.15, -0.1) is 13.2 Å². The van der Waals surface area contributed by atoms with Crippen LogP contribution < -0.4 is 19.9 Å². The molecule has 162 valence electrons. The van der Waals surface area contributed by atoms with Crippen molar-refractivity contribution in [3.63, 3.8) is 0 Å². The van der Waals surface area contributed by atoms with Gasteiger partial charge in [-0.1, -0.05) is 0 Å². The van der Waals surface area contributed by atoms with Crippen molar-refractivity contribution in [1.29, 1.82) is 0 Å². The number of alkyl halides is 3. The van der Waals surface area contributed by atoms with Gasteiger partial charge in [0.05, 0.1) is 0 Å². The van der Waals surface area contributed by atoms with Crippen LogP contribution in [0.4, 0.5) is 18.9 Å². The number of halogens is 3. The summed E-state index contributed by atoms with van der Waals surface area (Å²) in [6.07, 6.45) is -4.74. The number of quaternary nitrogens is 2. The fraction of sp³-hybridized carbons (Fsp3) is 0.579. The molecule has 7 nitrogen and oxygen atoms in total. The summed E-state index contributed by atoms with van der Waals surface area (Å²) in [6.45, 7) is 9.32. The average molecular weight is 418 g/mol. The summed E-state index contributed by atoms with van der Waals surface area (Å²) in [5, 5.41) is 2.69. The highest BCUT2D eigenvalue weighted by molar-refractivity contribution is 5.91. The third-order valence-corrected chi connectivity index (χ3v) is 4.96. The van der Waals surface area contributed by atoms with Crippen LogP contribution in [-0.2, 0) is 9.59 Å². The number of nitrogens with one attached hydrogen (secondary N) is 3. The number of rotatable bonds is 8. The molecule has 10 heteroatoms. The predicted molar refractivity (Wildman–Crippen MR) is 101 cm³/mol. The van der Waals surface area contributed by atoms with Crippen LogP contribution in [0.15, 0.2) is 24.3 Å².